The standard InChI is InChI=1S/C11H12N2O2S.C2H6/c1-6-13-8-5-11(2,12)4-3-7(10(14)15)9(8)16-6;1-2/h3-5H,12H2,1-2H3,(H,14,15);1-2H3. The third-order valence-electron chi connectivity index (χ3n) is 2.29. The van der Waals surface area contributed by atoms with E-state index in [1.54, 1.807) is 18.2 Å². The second-order valence-corrected chi connectivity index (χ2v) is 5.21. The van der Waals surface area contributed by atoms with Crippen LogP contribution in [0.3, 0.4) is 0 Å². The average molecular weight is 266 g/mol. The Balaban J connectivity index is 0.000000771. The van der Waals surface area contributed by atoms with Crippen LogP contribution in [0.5, 0.6) is 0 Å². The van der Waals surface area contributed by atoms with Crippen LogP contribution < -0.4 is 15.6 Å². The molecule has 2 rings (SSSR count). The number of aliphatic carboxylic acids is 1. The average Bonchev–Trinajstić information content (AvgIpc) is 2.55. The van der Waals surface area contributed by atoms with Crippen molar-refractivity contribution in [2.75, 3.05) is 0 Å². The van der Waals surface area contributed by atoms with Crippen LogP contribution in [0.15, 0.2) is 12.2 Å². The smallest absolute Gasteiger partial charge is 0.337 e. The first kappa shape index (κ1) is 14.6. The monoisotopic (exact) mass is 266 g/mol. The Hall–Kier alpha value is -1.46. The summed E-state index contributed by atoms with van der Waals surface area (Å²) < 4.78 is 0.676. The van der Waals surface area contributed by atoms with Crippen LogP contribution in [0.4, 0.5) is 0 Å². The van der Waals surface area contributed by atoms with Gasteiger partial charge in [-0.2, -0.15) is 0 Å². The number of rotatable bonds is 1. The zero-order chi connectivity index (χ0) is 13.9. The van der Waals surface area contributed by atoms with E-state index in [4.69, 9.17) is 10.8 Å². The molecule has 1 atom stereocenters. The van der Waals surface area contributed by atoms with Crippen LogP contribution in [0, 0.1) is 6.92 Å². The number of hydrogen-bond donors (Lipinski definition) is 2. The minimum atomic E-state index is -0.952. The lowest BCUT2D eigenvalue weighted by molar-refractivity contribution is -0.130. The van der Waals surface area contributed by atoms with Crippen molar-refractivity contribution >= 4 is 29.0 Å². The highest BCUT2D eigenvalue weighted by atomic mass is 32.1. The van der Waals surface area contributed by atoms with Gasteiger partial charge in [0.25, 0.3) is 0 Å². The number of aromatic nitrogens is 1. The number of nitrogens with two attached hydrogens (primary N) is 1. The molecule has 1 heterocycles. The predicted octanol–water partition coefficient (Wildman–Crippen LogP) is 0.781. The van der Waals surface area contributed by atoms with Crippen molar-refractivity contribution in [1.29, 1.82) is 0 Å². The minimum absolute atomic E-state index is 0.256. The largest absolute Gasteiger partial charge is 0.478 e. The SMILES string of the molecule is CC.Cc1nc2c(s1)=C(C(=O)O)C=CC(C)(N)C=2. The number of fused-ring (bicyclic) bond motifs is 1. The number of carboxylic acid groups (broad SMARTS) is 1. The lowest BCUT2D eigenvalue weighted by Crippen LogP contribution is -2.35. The van der Waals surface area contributed by atoms with Crippen molar-refractivity contribution in [2.45, 2.75) is 33.2 Å². The Bertz CT molecular complexity index is 597. The van der Waals surface area contributed by atoms with Gasteiger partial charge in [-0.05, 0) is 26.0 Å². The van der Waals surface area contributed by atoms with E-state index in [-0.39, 0.29) is 5.57 Å². The molecule has 0 amide bonds. The Morgan fingerprint density at radius 2 is 2.11 bits per heavy atom. The van der Waals surface area contributed by atoms with Crippen LogP contribution in [0.2, 0.25) is 0 Å². The van der Waals surface area contributed by atoms with Crippen molar-refractivity contribution < 1.29 is 9.90 Å². The van der Waals surface area contributed by atoms with E-state index in [1.165, 1.54) is 11.3 Å². The molecule has 18 heavy (non-hydrogen) atoms. The number of thiazole rings is 1. The van der Waals surface area contributed by atoms with Gasteiger partial charge in [0, 0.05) is 0 Å². The number of nitrogens with zero attached hydrogens (tertiary/aromatic N) is 1. The fraction of sp³-hybridized carbons (Fsp3) is 0.385. The van der Waals surface area contributed by atoms with E-state index in [0.29, 0.717) is 9.88 Å². The molecule has 1 aromatic heterocycles. The Morgan fingerprint density at radius 3 is 2.67 bits per heavy atom. The summed E-state index contributed by atoms with van der Waals surface area (Å²) in [5.41, 5.74) is 5.58. The normalized spacial score (nSPS) is 21.3. The summed E-state index contributed by atoms with van der Waals surface area (Å²) in [6, 6.07) is 0. The first-order chi connectivity index (χ1) is 8.39. The third kappa shape index (κ3) is 3.05. The number of hydrogen-bond acceptors (Lipinski definition) is 4. The molecule has 1 aliphatic carbocycles. The van der Waals surface area contributed by atoms with Crippen molar-refractivity contribution in [1.82, 2.24) is 4.98 Å². The maximum Gasteiger partial charge on any atom is 0.337 e. The van der Waals surface area contributed by atoms with Gasteiger partial charge in [-0.3, -0.25) is 0 Å². The van der Waals surface area contributed by atoms with Gasteiger partial charge in [-0.1, -0.05) is 19.9 Å². The van der Waals surface area contributed by atoms with Gasteiger partial charge in [-0.15, -0.1) is 11.3 Å². The Kier molecular flexibility index (Phi) is 4.43. The summed E-state index contributed by atoms with van der Waals surface area (Å²) in [4.78, 5) is 15.4. The summed E-state index contributed by atoms with van der Waals surface area (Å²) in [5.74, 6) is -0.952. The molecular formula is C13H18N2O2S. The molecule has 0 spiro atoms. The molecule has 0 aliphatic heterocycles. The van der Waals surface area contributed by atoms with E-state index >= 15 is 0 Å². The van der Waals surface area contributed by atoms with Gasteiger partial charge in [0.05, 0.1) is 26.0 Å². The lowest BCUT2D eigenvalue weighted by Gasteiger charge is -2.12. The summed E-state index contributed by atoms with van der Waals surface area (Å²) in [7, 11) is 0. The van der Waals surface area contributed by atoms with Gasteiger partial charge in [0.1, 0.15) is 0 Å². The molecular weight excluding hydrogens is 248 g/mol. The van der Waals surface area contributed by atoms with Crippen molar-refractivity contribution in [3.8, 4) is 0 Å². The minimum Gasteiger partial charge on any atom is -0.478 e. The molecule has 4 nitrogen and oxygen atoms in total. The Morgan fingerprint density at radius 1 is 1.50 bits per heavy atom. The van der Waals surface area contributed by atoms with Gasteiger partial charge in [0.15, 0.2) is 0 Å². The molecule has 0 radical (unpaired) electrons. The number of aryl methyl sites for hydroxylation is 1. The lowest BCUT2D eigenvalue weighted by atomic mass is 10.0. The summed E-state index contributed by atoms with van der Waals surface area (Å²) in [6.45, 7) is 7.66. The van der Waals surface area contributed by atoms with Crippen molar-refractivity contribution in [2.24, 2.45) is 5.73 Å². The molecule has 0 fully saturated rings. The zero-order valence-electron chi connectivity index (χ0n) is 11.0. The Labute approximate surface area is 110 Å². The van der Waals surface area contributed by atoms with Gasteiger partial charge in [-0.25, -0.2) is 9.78 Å². The first-order valence-electron chi connectivity index (χ1n) is 5.81. The van der Waals surface area contributed by atoms with E-state index in [1.807, 2.05) is 27.7 Å². The molecule has 0 saturated heterocycles. The quantitative estimate of drug-likeness (QED) is 0.787. The topological polar surface area (TPSA) is 76.2 Å². The van der Waals surface area contributed by atoms with Crippen LogP contribution in [0.25, 0.3) is 11.6 Å². The van der Waals surface area contributed by atoms with Crippen molar-refractivity contribution in [3.63, 3.8) is 0 Å². The molecule has 1 aliphatic rings. The van der Waals surface area contributed by atoms with Crippen LogP contribution in [-0.2, 0) is 4.79 Å². The second kappa shape index (κ2) is 5.46. The number of carbonyl (C=O) groups is 1. The molecule has 98 valence electrons. The molecule has 0 saturated carbocycles. The van der Waals surface area contributed by atoms with E-state index < -0.39 is 11.5 Å². The number of carboxylic acids is 1. The summed E-state index contributed by atoms with van der Waals surface area (Å²) in [6.07, 6.45) is 5.03. The highest BCUT2D eigenvalue weighted by Crippen LogP contribution is 2.10. The molecule has 1 unspecified atom stereocenters. The molecule has 5 heteroatoms. The zero-order valence-corrected chi connectivity index (χ0v) is 11.8. The first-order valence-corrected chi connectivity index (χ1v) is 6.63. The predicted molar refractivity (Wildman–Crippen MR) is 74.7 cm³/mol. The fourth-order valence-electron chi connectivity index (χ4n) is 1.58. The molecule has 1 aromatic rings. The highest BCUT2D eigenvalue weighted by Gasteiger charge is 2.18. The van der Waals surface area contributed by atoms with Crippen LogP contribution in [-0.4, -0.2) is 21.6 Å². The van der Waals surface area contributed by atoms with Crippen LogP contribution in [0.1, 0.15) is 25.8 Å². The van der Waals surface area contributed by atoms with Gasteiger partial charge < -0.3 is 10.8 Å². The van der Waals surface area contributed by atoms with Crippen LogP contribution >= 0.6 is 11.3 Å². The molecule has 0 bridgehead atoms. The summed E-state index contributed by atoms with van der Waals surface area (Å²) in [5, 5.41) is 10.6. The second-order valence-electron chi connectivity index (χ2n) is 4.01. The van der Waals surface area contributed by atoms with Crippen molar-refractivity contribution in [3.05, 3.63) is 27.0 Å². The molecule has 0 aromatic carbocycles. The maximum atomic E-state index is 11.1. The van der Waals surface area contributed by atoms with Gasteiger partial charge >= 0.3 is 5.97 Å². The van der Waals surface area contributed by atoms with Gasteiger partial charge in [0.2, 0.25) is 0 Å². The third-order valence-corrected chi connectivity index (χ3v) is 3.31. The van der Waals surface area contributed by atoms with E-state index in [2.05, 4.69) is 4.98 Å². The fourth-order valence-corrected chi connectivity index (χ4v) is 2.50. The molecule has 3 N–H and O–H groups in total. The highest BCUT2D eigenvalue weighted by molar-refractivity contribution is 7.09. The van der Waals surface area contributed by atoms with E-state index in [9.17, 15) is 4.79 Å². The summed E-state index contributed by atoms with van der Waals surface area (Å²) >= 11 is 1.37. The van der Waals surface area contributed by atoms with E-state index in [0.717, 1.165) is 5.01 Å². The maximum absolute atomic E-state index is 11.1.